The Morgan fingerprint density at radius 3 is 2.55 bits per heavy atom. The van der Waals surface area contributed by atoms with Crippen LogP contribution in [0.15, 0.2) is 29.2 Å². The van der Waals surface area contributed by atoms with Crippen LogP contribution in [0.3, 0.4) is 0 Å². The Morgan fingerprint density at radius 1 is 1.25 bits per heavy atom. The number of rotatable bonds is 5. The van der Waals surface area contributed by atoms with E-state index >= 15 is 0 Å². The number of benzene rings is 1. The van der Waals surface area contributed by atoms with Gasteiger partial charge < -0.3 is 5.73 Å². The Morgan fingerprint density at radius 2 is 1.95 bits per heavy atom. The minimum Gasteiger partial charge on any atom is -0.330 e. The van der Waals surface area contributed by atoms with Crippen LogP contribution in [-0.4, -0.2) is 31.9 Å². The highest BCUT2D eigenvalue weighted by Crippen LogP contribution is 2.27. The summed E-state index contributed by atoms with van der Waals surface area (Å²) in [5.74, 6) is 0. The average Bonchev–Trinajstić information content (AvgIpc) is 2.48. The van der Waals surface area contributed by atoms with Crippen LogP contribution >= 0.6 is 0 Å². The summed E-state index contributed by atoms with van der Waals surface area (Å²) >= 11 is 0. The molecule has 1 aliphatic heterocycles. The average molecular weight is 296 g/mol. The Kier molecular flexibility index (Phi) is 5.18. The largest absolute Gasteiger partial charge is 0.330 e. The van der Waals surface area contributed by atoms with Crippen LogP contribution in [0.4, 0.5) is 0 Å². The first-order chi connectivity index (χ1) is 9.59. The maximum atomic E-state index is 12.8. The second-order valence-electron chi connectivity index (χ2n) is 5.34. The highest BCUT2D eigenvalue weighted by molar-refractivity contribution is 7.89. The molecule has 0 bridgehead atoms. The van der Waals surface area contributed by atoms with Gasteiger partial charge in [0.15, 0.2) is 0 Å². The molecule has 0 spiro atoms. The number of hydrogen-bond acceptors (Lipinski definition) is 3. The van der Waals surface area contributed by atoms with Gasteiger partial charge >= 0.3 is 0 Å². The summed E-state index contributed by atoms with van der Waals surface area (Å²) in [7, 11) is -3.38. The molecule has 2 N–H and O–H groups in total. The molecule has 0 aromatic heterocycles. The van der Waals surface area contributed by atoms with E-state index in [-0.39, 0.29) is 6.04 Å². The minimum absolute atomic E-state index is 0.0598. The number of hydrogen-bond donors (Lipinski definition) is 1. The van der Waals surface area contributed by atoms with Crippen molar-refractivity contribution in [3.8, 4) is 0 Å². The summed E-state index contributed by atoms with van der Waals surface area (Å²) in [4.78, 5) is 0.402. The van der Waals surface area contributed by atoms with Crippen LogP contribution in [0.5, 0.6) is 0 Å². The van der Waals surface area contributed by atoms with Crippen molar-refractivity contribution < 1.29 is 8.42 Å². The molecule has 5 heteroatoms. The van der Waals surface area contributed by atoms with Crippen molar-refractivity contribution in [1.29, 1.82) is 0 Å². The van der Waals surface area contributed by atoms with Crippen molar-refractivity contribution in [3.05, 3.63) is 29.8 Å². The third kappa shape index (κ3) is 3.22. The molecular weight excluding hydrogens is 272 g/mol. The van der Waals surface area contributed by atoms with Gasteiger partial charge in [0, 0.05) is 12.6 Å². The molecule has 1 fully saturated rings. The van der Waals surface area contributed by atoms with E-state index in [9.17, 15) is 8.42 Å². The molecular formula is C15H24N2O2S. The summed E-state index contributed by atoms with van der Waals surface area (Å²) in [6, 6.07) is 7.30. The third-order valence-electron chi connectivity index (χ3n) is 4.01. The van der Waals surface area contributed by atoms with Gasteiger partial charge in [0.2, 0.25) is 10.0 Å². The molecule has 1 heterocycles. The summed E-state index contributed by atoms with van der Waals surface area (Å²) in [6.07, 6.45) is 4.61. The second kappa shape index (κ2) is 6.70. The SMILES string of the molecule is CCc1ccc(S(=O)(=O)N2CCCCC2CCN)cc1. The number of piperidine rings is 1. The molecule has 1 atom stereocenters. The van der Waals surface area contributed by atoms with Crippen LogP contribution in [0, 0.1) is 0 Å². The number of sulfonamides is 1. The predicted molar refractivity (Wildman–Crippen MR) is 81.0 cm³/mol. The van der Waals surface area contributed by atoms with E-state index in [1.165, 1.54) is 0 Å². The lowest BCUT2D eigenvalue weighted by Gasteiger charge is -2.34. The van der Waals surface area contributed by atoms with Crippen LogP contribution in [0.2, 0.25) is 0 Å². The topological polar surface area (TPSA) is 63.4 Å². The van der Waals surface area contributed by atoms with Gasteiger partial charge in [0.1, 0.15) is 0 Å². The summed E-state index contributed by atoms with van der Waals surface area (Å²) in [6.45, 7) is 3.21. The zero-order chi connectivity index (χ0) is 14.6. The normalized spacial score (nSPS) is 21.0. The van der Waals surface area contributed by atoms with Gasteiger partial charge in [0.25, 0.3) is 0 Å². The van der Waals surface area contributed by atoms with E-state index in [0.717, 1.165) is 37.7 Å². The molecule has 1 unspecified atom stereocenters. The monoisotopic (exact) mass is 296 g/mol. The van der Waals surface area contributed by atoms with E-state index in [1.807, 2.05) is 12.1 Å². The third-order valence-corrected chi connectivity index (χ3v) is 5.98. The highest BCUT2D eigenvalue weighted by Gasteiger charge is 2.32. The zero-order valence-corrected chi connectivity index (χ0v) is 12.9. The van der Waals surface area contributed by atoms with Crippen LogP contribution < -0.4 is 5.73 Å². The predicted octanol–water partition coefficient (Wildman–Crippen LogP) is 2.14. The minimum atomic E-state index is -3.38. The molecule has 1 saturated heterocycles. The molecule has 0 aliphatic carbocycles. The lowest BCUT2D eigenvalue weighted by atomic mass is 10.0. The van der Waals surface area contributed by atoms with Gasteiger partial charge in [0.05, 0.1) is 4.90 Å². The Bertz CT molecular complexity index is 523. The molecule has 0 radical (unpaired) electrons. The molecule has 0 amide bonds. The van der Waals surface area contributed by atoms with Gasteiger partial charge in [-0.15, -0.1) is 0 Å². The van der Waals surface area contributed by atoms with Gasteiger partial charge in [-0.05, 0) is 49.9 Å². The maximum absolute atomic E-state index is 12.8. The van der Waals surface area contributed by atoms with E-state index in [1.54, 1.807) is 16.4 Å². The highest BCUT2D eigenvalue weighted by atomic mass is 32.2. The van der Waals surface area contributed by atoms with Gasteiger partial charge in [-0.3, -0.25) is 0 Å². The molecule has 1 aromatic rings. The quantitative estimate of drug-likeness (QED) is 0.905. The van der Waals surface area contributed by atoms with Crippen LogP contribution in [0.1, 0.15) is 38.2 Å². The Hall–Kier alpha value is -0.910. The standard InChI is InChI=1S/C15H24N2O2S/c1-2-13-6-8-15(9-7-13)20(18,19)17-12-4-3-5-14(17)10-11-16/h6-9,14H,2-5,10-12,16H2,1H3. The van der Waals surface area contributed by atoms with Crippen LogP contribution in [-0.2, 0) is 16.4 Å². The fraction of sp³-hybridized carbons (Fsp3) is 0.600. The van der Waals surface area contributed by atoms with E-state index in [0.29, 0.717) is 18.0 Å². The summed E-state index contributed by atoms with van der Waals surface area (Å²) in [5.41, 5.74) is 6.77. The van der Waals surface area contributed by atoms with Crippen molar-refractivity contribution in [3.63, 3.8) is 0 Å². The van der Waals surface area contributed by atoms with Gasteiger partial charge in [-0.25, -0.2) is 8.42 Å². The summed E-state index contributed by atoms with van der Waals surface area (Å²) in [5, 5.41) is 0. The Labute approximate surface area is 122 Å². The molecule has 0 saturated carbocycles. The number of nitrogens with two attached hydrogens (primary N) is 1. The molecule has 20 heavy (non-hydrogen) atoms. The maximum Gasteiger partial charge on any atom is 0.243 e. The fourth-order valence-corrected chi connectivity index (χ4v) is 4.53. The second-order valence-corrected chi connectivity index (χ2v) is 7.23. The first-order valence-corrected chi connectivity index (χ1v) is 8.84. The van der Waals surface area contributed by atoms with E-state index in [2.05, 4.69) is 6.92 Å². The van der Waals surface area contributed by atoms with Crippen molar-refractivity contribution in [2.24, 2.45) is 5.73 Å². The lowest BCUT2D eigenvalue weighted by molar-refractivity contribution is 0.243. The van der Waals surface area contributed by atoms with Crippen molar-refractivity contribution in [1.82, 2.24) is 4.31 Å². The van der Waals surface area contributed by atoms with E-state index in [4.69, 9.17) is 5.73 Å². The number of nitrogens with zero attached hydrogens (tertiary/aromatic N) is 1. The smallest absolute Gasteiger partial charge is 0.243 e. The van der Waals surface area contributed by atoms with Crippen molar-refractivity contribution in [2.75, 3.05) is 13.1 Å². The van der Waals surface area contributed by atoms with Crippen molar-refractivity contribution >= 4 is 10.0 Å². The van der Waals surface area contributed by atoms with Crippen molar-refractivity contribution in [2.45, 2.75) is 50.0 Å². The molecule has 112 valence electrons. The Balaban J connectivity index is 2.26. The first-order valence-electron chi connectivity index (χ1n) is 7.40. The van der Waals surface area contributed by atoms with Gasteiger partial charge in [-0.1, -0.05) is 25.5 Å². The zero-order valence-electron chi connectivity index (χ0n) is 12.1. The molecule has 4 nitrogen and oxygen atoms in total. The fourth-order valence-electron chi connectivity index (χ4n) is 2.80. The molecule has 1 aliphatic rings. The lowest BCUT2D eigenvalue weighted by Crippen LogP contribution is -2.44. The molecule has 2 rings (SSSR count). The first kappa shape index (κ1) is 15.5. The number of aryl methyl sites for hydroxylation is 1. The summed E-state index contributed by atoms with van der Waals surface area (Å²) < 4.78 is 27.2. The van der Waals surface area contributed by atoms with E-state index < -0.39 is 10.0 Å². The van der Waals surface area contributed by atoms with Crippen LogP contribution in [0.25, 0.3) is 0 Å². The van der Waals surface area contributed by atoms with Gasteiger partial charge in [-0.2, -0.15) is 4.31 Å². The molecule has 1 aromatic carbocycles.